The molecule has 0 aromatic heterocycles. The Bertz CT molecular complexity index is 1030. The molecule has 0 N–H and O–H groups in total. The number of para-hydroxylation sites is 1. The second-order valence-electron chi connectivity index (χ2n) is 9.25. The molecule has 2 heterocycles. The Morgan fingerprint density at radius 3 is 2.50 bits per heavy atom. The maximum Gasteiger partial charge on any atom is 0.253 e. The largest absolute Gasteiger partial charge is 0.491 e. The molecule has 182 valence electrons. The van der Waals surface area contributed by atoms with Gasteiger partial charge in [-0.05, 0) is 68.9 Å². The van der Waals surface area contributed by atoms with E-state index < -0.39 is 5.41 Å². The fourth-order valence-corrected chi connectivity index (χ4v) is 5.45. The van der Waals surface area contributed by atoms with Gasteiger partial charge >= 0.3 is 0 Å². The molecule has 2 aliphatic rings. The summed E-state index contributed by atoms with van der Waals surface area (Å²) in [4.78, 5) is 30.6. The number of rotatable bonds is 2. The second kappa shape index (κ2) is 11.0. The van der Waals surface area contributed by atoms with Crippen LogP contribution >= 0.6 is 23.2 Å². The number of hydrogen-bond donors (Lipinski definition) is 0. The number of benzene rings is 2. The van der Waals surface area contributed by atoms with Gasteiger partial charge in [0.05, 0.1) is 22.0 Å². The number of fused-ring (bicyclic) bond motifs is 1. The van der Waals surface area contributed by atoms with Crippen LogP contribution in [0.15, 0.2) is 42.5 Å². The third-order valence-electron chi connectivity index (χ3n) is 7.24. The third-order valence-corrected chi connectivity index (χ3v) is 7.98. The van der Waals surface area contributed by atoms with Gasteiger partial charge in [-0.15, -0.1) is 0 Å². The minimum Gasteiger partial charge on any atom is -0.491 e. The van der Waals surface area contributed by atoms with E-state index in [0.717, 1.165) is 31.4 Å². The zero-order chi connectivity index (χ0) is 24.1. The molecule has 0 unspecified atom stereocenters. The molecule has 2 aliphatic heterocycles. The summed E-state index contributed by atoms with van der Waals surface area (Å²) in [5.74, 6) is 1.07. The second-order valence-corrected chi connectivity index (χ2v) is 10.1. The molecule has 2 aromatic rings. The summed E-state index contributed by atoms with van der Waals surface area (Å²) in [5.41, 5.74) is 1.33. The summed E-state index contributed by atoms with van der Waals surface area (Å²) in [6.45, 7) is 4.83. The van der Waals surface area contributed by atoms with Crippen molar-refractivity contribution in [1.29, 1.82) is 0 Å². The van der Waals surface area contributed by atoms with Gasteiger partial charge in [0.1, 0.15) is 12.4 Å². The van der Waals surface area contributed by atoms with Gasteiger partial charge in [0.2, 0.25) is 5.91 Å². The van der Waals surface area contributed by atoms with Gasteiger partial charge in [-0.2, -0.15) is 0 Å². The molecule has 1 spiro atoms. The molecule has 1 saturated heterocycles. The predicted octanol–water partition coefficient (Wildman–Crippen LogP) is 5.87. The Balaban J connectivity index is 1.48. The summed E-state index contributed by atoms with van der Waals surface area (Å²) in [6, 6.07) is 13.2. The summed E-state index contributed by atoms with van der Waals surface area (Å²) >= 11 is 12.1. The highest BCUT2D eigenvalue weighted by molar-refractivity contribution is 6.42. The maximum absolute atomic E-state index is 13.8. The molecule has 5 nitrogen and oxygen atoms in total. The summed E-state index contributed by atoms with van der Waals surface area (Å²) in [5, 5.41) is 0.804. The molecular formula is C27H32Cl2N2O3. The lowest BCUT2D eigenvalue weighted by molar-refractivity contribution is -0.145. The zero-order valence-corrected chi connectivity index (χ0v) is 21.2. The van der Waals surface area contributed by atoms with Crippen LogP contribution in [0.2, 0.25) is 10.0 Å². The topological polar surface area (TPSA) is 49.9 Å². The number of likely N-dealkylation sites (tertiary alicyclic amines) is 1. The number of aryl methyl sites for hydroxylation is 1. The summed E-state index contributed by atoms with van der Waals surface area (Å²) in [6.07, 6.45) is 5.12. The van der Waals surface area contributed by atoms with E-state index >= 15 is 0 Å². The van der Waals surface area contributed by atoms with Crippen molar-refractivity contribution in [3.8, 4) is 5.75 Å². The number of hydrogen-bond acceptors (Lipinski definition) is 3. The molecule has 0 bridgehead atoms. The van der Waals surface area contributed by atoms with Crippen LogP contribution in [0.4, 0.5) is 0 Å². The van der Waals surface area contributed by atoms with Crippen molar-refractivity contribution in [3.05, 3.63) is 63.6 Å². The number of likely N-dealkylation sites (N-methyl/N-ethyl adjacent to an activating group) is 1. The number of carbonyl (C=O) groups excluding carboxylic acids is 2. The van der Waals surface area contributed by atoms with E-state index in [-0.39, 0.29) is 11.8 Å². The van der Waals surface area contributed by atoms with Crippen LogP contribution in [0.5, 0.6) is 5.75 Å². The smallest absolute Gasteiger partial charge is 0.253 e. The SMILES string of the molecule is CCN1CCOc2ccccc2CCCCC2(CCN(C(=O)c3ccc(Cl)c(Cl)c3)CC2)C1=O. The van der Waals surface area contributed by atoms with Gasteiger partial charge in [0, 0.05) is 25.2 Å². The monoisotopic (exact) mass is 502 g/mol. The average Bonchev–Trinajstić information content (AvgIpc) is 2.86. The van der Waals surface area contributed by atoms with E-state index in [1.54, 1.807) is 18.2 Å². The minimum atomic E-state index is -0.427. The van der Waals surface area contributed by atoms with E-state index in [1.165, 1.54) is 5.56 Å². The fraction of sp³-hybridized carbons (Fsp3) is 0.481. The lowest BCUT2D eigenvalue weighted by Gasteiger charge is -2.43. The number of piperidine rings is 1. The van der Waals surface area contributed by atoms with Crippen LogP contribution in [0, 0.1) is 5.41 Å². The molecule has 0 atom stereocenters. The van der Waals surface area contributed by atoms with Crippen LogP contribution < -0.4 is 4.74 Å². The average molecular weight is 503 g/mol. The molecule has 0 aliphatic carbocycles. The van der Waals surface area contributed by atoms with Gasteiger partial charge in [-0.25, -0.2) is 0 Å². The van der Waals surface area contributed by atoms with Crippen molar-refractivity contribution in [1.82, 2.24) is 9.80 Å². The Morgan fingerprint density at radius 2 is 1.76 bits per heavy atom. The van der Waals surface area contributed by atoms with E-state index in [9.17, 15) is 9.59 Å². The summed E-state index contributed by atoms with van der Waals surface area (Å²) < 4.78 is 6.07. The third kappa shape index (κ3) is 5.36. The number of carbonyl (C=O) groups is 2. The first kappa shape index (κ1) is 24.9. The first-order chi connectivity index (χ1) is 16.4. The van der Waals surface area contributed by atoms with Crippen molar-refractivity contribution in [2.75, 3.05) is 32.8 Å². The van der Waals surface area contributed by atoms with Crippen LogP contribution in [-0.2, 0) is 11.2 Å². The number of ether oxygens (including phenoxy) is 1. The van der Waals surface area contributed by atoms with E-state index in [0.29, 0.717) is 61.2 Å². The van der Waals surface area contributed by atoms with Crippen molar-refractivity contribution >= 4 is 35.0 Å². The molecular weight excluding hydrogens is 471 g/mol. The van der Waals surface area contributed by atoms with Gasteiger partial charge in [-0.1, -0.05) is 47.8 Å². The normalized spacial score (nSPS) is 19.1. The molecule has 0 saturated carbocycles. The molecule has 7 heteroatoms. The maximum atomic E-state index is 13.8. The minimum absolute atomic E-state index is 0.0635. The standard InChI is InChI=1S/C27H32Cl2N2O3/c1-2-30-17-18-34-24-9-4-3-7-20(24)8-5-6-12-27(26(30)33)13-15-31(16-14-27)25(32)21-10-11-22(28)23(29)19-21/h3-4,7,9-11,19H,2,5-6,8,12-18H2,1H3. The van der Waals surface area contributed by atoms with E-state index in [2.05, 4.69) is 12.1 Å². The Morgan fingerprint density at radius 1 is 1.00 bits per heavy atom. The van der Waals surface area contributed by atoms with Crippen molar-refractivity contribution in [2.45, 2.75) is 45.4 Å². The van der Waals surface area contributed by atoms with Gasteiger partial charge in [0.15, 0.2) is 0 Å². The molecule has 2 aromatic carbocycles. The molecule has 34 heavy (non-hydrogen) atoms. The van der Waals surface area contributed by atoms with Gasteiger partial charge in [0.25, 0.3) is 5.91 Å². The Kier molecular flexibility index (Phi) is 8.05. The first-order valence-corrected chi connectivity index (χ1v) is 12.9. The van der Waals surface area contributed by atoms with Crippen molar-refractivity contribution in [3.63, 3.8) is 0 Å². The highest BCUT2D eigenvalue weighted by Gasteiger charge is 2.43. The van der Waals surface area contributed by atoms with Crippen molar-refractivity contribution in [2.24, 2.45) is 5.41 Å². The van der Waals surface area contributed by atoms with E-state index in [1.807, 2.05) is 28.9 Å². The quantitative estimate of drug-likeness (QED) is 0.515. The van der Waals surface area contributed by atoms with Crippen LogP contribution in [-0.4, -0.2) is 54.4 Å². The first-order valence-electron chi connectivity index (χ1n) is 12.2. The summed E-state index contributed by atoms with van der Waals surface area (Å²) in [7, 11) is 0. The molecule has 4 rings (SSSR count). The van der Waals surface area contributed by atoms with Gasteiger partial charge in [-0.3, -0.25) is 9.59 Å². The lowest BCUT2D eigenvalue weighted by Crippen LogP contribution is -2.52. The predicted molar refractivity (Wildman–Crippen MR) is 136 cm³/mol. The lowest BCUT2D eigenvalue weighted by atomic mass is 9.73. The van der Waals surface area contributed by atoms with E-state index in [4.69, 9.17) is 27.9 Å². The Hall–Kier alpha value is -2.24. The van der Waals surface area contributed by atoms with Gasteiger partial charge < -0.3 is 14.5 Å². The Labute approximate surface area is 212 Å². The van der Waals surface area contributed by atoms with Crippen LogP contribution in [0.25, 0.3) is 0 Å². The van der Waals surface area contributed by atoms with Crippen LogP contribution in [0.3, 0.4) is 0 Å². The highest BCUT2D eigenvalue weighted by Crippen LogP contribution is 2.40. The van der Waals surface area contributed by atoms with Crippen molar-refractivity contribution < 1.29 is 14.3 Å². The molecule has 2 amide bonds. The molecule has 0 radical (unpaired) electrons. The number of nitrogens with zero attached hydrogens (tertiary/aromatic N) is 2. The number of halogens is 2. The van der Waals surface area contributed by atoms with Crippen LogP contribution in [0.1, 0.15) is 54.9 Å². The highest BCUT2D eigenvalue weighted by atomic mass is 35.5. The zero-order valence-electron chi connectivity index (χ0n) is 19.7. The fourth-order valence-electron chi connectivity index (χ4n) is 5.15. The molecule has 1 fully saturated rings. The number of amides is 2.